The number of aromatic nitrogens is 2. The predicted molar refractivity (Wildman–Crippen MR) is 75.2 cm³/mol. The SMILES string of the molecule is CC(C)(C)CC(CNC(=O)c1cc(=O)[nH]c(=O)[nH]1)C(=O)O. The van der Waals surface area contributed by atoms with Gasteiger partial charge in [0.15, 0.2) is 0 Å². The summed E-state index contributed by atoms with van der Waals surface area (Å²) in [5.41, 5.74) is -1.90. The van der Waals surface area contributed by atoms with Crippen LogP contribution in [0.15, 0.2) is 15.7 Å². The summed E-state index contributed by atoms with van der Waals surface area (Å²) >= 11 is 0. The van der Waals surface area contributed by atoms with Crippen molar-refractivity contribution >= 4 is 11.9 Å². The van der Waals surface area contributed by atoms with Crippen molar-refractivity contribution in [3.8, 4) is 0 Å². The molecule has 1 rings (SSSR count). The van der Waals surface area contributed by atoms with Crippen molar-refractivity contribution in [3.05, 3.63) is 32.6 Å². The quantitative estimate of drug-likeness (QED) is 0.604. The summed E-state index contributed by atoms with van der Waals surface area (Å²) in [7, 11) is 0. The Morgan fingerprint density at radius 2 is 1.90 bits per heavy atom. The van der Waals surface area contributed by atoms with E-state index in [4.69, 9.17) is 5.11 Å². The molecule has 1 heterocycles. The number of carbonyl (C=O) groups excluding carboxylic acids is 1. The van der Waals surface area contributed by atoms with E-state index in [1.165, 1.54) is 0 Å². The van der Waals surface area contributed by atoms with E-state index in [1.54, 1.807) is 0 Å². The fourth-order valence-corrected chi connectivity index (χ4v) is 1.89. The van der Waals surface area contributed by atoms with E-state index in [0.717, 1.165) is 6.07 Å². The molecule has 0 spiro atoms. The second-order valence-corrected chi connectivity index (χ2v) is 6.01. The van der Waals surface area contributed by atoms with Gasteiger partial charge in [-0.15, -0.1) is 0 Å². The Hall–Kier alpha value is -2.38. The lowest BCUT2D eigenvalue weighted by Crippen LogP contribution is -2.37. The third kappa shape index (κ3) is 5.64. The van der Waals surface area contributed by atoms with Crippen LogP contribution in [0.3, 0.4) is 0 Å². The highest BCUT2D eigenvalue weighted by Crippen LogP contribution is 2.24. The highest BCUT2D eigenvalue weighted by Gasteiger charge is 2.25. The highest BCUT2D eigenvalue weighted by atomic mass is 16.4. The molecule has 1 amide bonds. The van der Waals surface area contributed by atoms with E-state index in [1.807, 2.05) is 25.8 Å². The van der Waals surface area contributed by atoms with Crippen LogP contribution in [0.25, 0.3) is 0 Å². The average molecular weight is 297 g/mol. The standard InChI is InChI=1S/C13H19N3O5/c1-13(2,3)5-7(11(19)20)6-14-10(18)8-4-9(17)16-12(21)15-8/h4,7H,5-6H2,1-3H3,(H,14,18)(H,19,20)(H2,15,16,17,21). The molecule has 4 N–H and O–H groups in total. The Morgan fingerprint density at radius 3 is 2.38 bits per heavy atom. The van der Waals surface area contributed by atoms with Gasteiger partial charge in [0.1, 0.15) is 5.69 Å². The second kappa shape index (κ2) is 6.38. The topological polar surface area (TPSA) is 132 Å². The normalized spacial score (nSPS) is 12.7. The van der Waals surface area contributed by atoms with Crippen LogP contribution >= 0.6 is 0 Å². The molecule has 1 aromatic heterocycles. The van der Waals surface area contributed by atoms with Crippen molar-refractivity contribution in [2.24, 2.45) is 11.3 Å². The number of rotatable bonds is 5. The first-order chi connectivity index (χ1) is 9.58. The van der Waals surface area contributed by atoms with Crippen LogP contribution in [0.5, 0.6) is 0 Å². The number of hydrogen-bond acceptors (Lipinski definition) is 4. The molecular weight excluding hydrogens is 278 g/mol. The number of hydrogen-bond donors (Lipinski definition) is 4. The van der Waals surface area contributed by atoms with Gasteiger partial charge >= 0.3 is 11.7 Å². The van der Waals surface area contributed by atoms with Gasteiger partial charge < -0.3 is 15.4 Å². The molecular formula is C13H19N3O5. The molecule has 21 heavy (non-hydrogen) atoms. The van der Waals surface area contributed by atoms with Crippen LogP contribution in [0, 0.1) is 11.3 Å². The fourth-order valence-electron chi connectivity index (χ4n) is 1.89. The molecule has 0 aliphatic carbocycles. The lowest BCUT2D eigenvalue weighted by molar-refractivity contribution is -0.142. The van der Waals surface area contributed by atoms with E-state index < -0.39 is 29.0 Å². The van der Waals surface area contributed by atoms with E-state index in [0.29, 0.717) is 6.42 Å². The van der Waals surface area contributed by atoms with Gasteiger partial charge in [0.05, 0.1) is 5.92 Å². The smallest absolute Gasteiger partial charge is 0.326 e. The molecule has 8 nitrogen and oxygen atoms in total. The molecule has 1 atom stereocenters. The average Bonchev–Trinajstić information content (AvgIpc) is 2.31. The minimum Gasteiger partial charge on any atom is -0.481 e. The summed E-state index contributed by atoms with van der Waals surface area (Å²) in [6, 6.07) is 0.941. The minimum atomic E-state index is -1.01. The van der Waals surface area contributed by atoms with Gasteiger partial charge in [-0.25, -0.2) is 4.79 Å². The summed E-state index contributed by atoms with van der Waals surface area (Å²) < 4.78 is 0. The number of amides is 1. The Kier molecular flexibility index (Phi) is 5.07. The van der Waals surface area contributed by atoms with E-state index in [2.05, 4.69) is 10.3 Å². The minimum absolute atomic E-state index is 0.0831. The van der Waals surface area contributed by atoms with Gasteiger partial charge in [-0.3, -0.25) is 19.4 Å². The molecule has 116 valence electrons. The number of carboxylic acids is 1. The van der Waals surface area contributed by atoms with Crippen molar-refractivity contribution in [1.29, 1.82) is 0 Å². The molecule has 0 aromatic carbocycles. The monoisotopic (exact) mass is 297 g/mol. The summed E-state index contributed by atoms with van der Waals surface area (Å²) in [6.45, 7) is 5.62. The Morgan fingerprint density at radius 1 is 1.29 bits per heavy atom. The van der Waals surface area contributed by atoms with Crippen molar-refractivity contribution in [2.45, 2.75) is 27.2 Å². The van der Waals surface area contributed by atoms with Crippen molar-refractivity contribution in [2.75, 3.05) is 6.54 Å². The summed E-state index contributed by atoms with van der Waals surface area (Å²) in [6.07, 6.45) is 0.383. The van der Waals surface area contributed by atoms with Gasteiger partial charge in [0.25, 0.3) is 11.5 Å². The molecule has 0 radical (unpaired) electrons. The lowest BCUT2D eigenvalue weighted by Gasteiger charge is -2.23. The van der Waals surface area contributed by atoms with Crippen LogP contribution in [-0.2, 0) is 4.79 Å². The lowest BCUT2D eigenvalue weighted by atomic mass is 9.84. The molecule has 0 aliphatic rings. The Bertz CT molecular complexity index is 610. The maximum absolute atomic E-state index is 11.8. The van der Waals surface area contributed by atoms with Gasteiger partial charge in [0, 0.05) is 12.6 Å². The largest absolute Gasteiger partial charge is 0.481 e. The van der Waals surface area contributed by atoms with Crippen LogP contribution in [-0.4, -0.2) is 33.5 Å². The number of carbonyl (C=O) groups is 2. The zero-order valence-corrected chi connectivity index (χ0v) is 12.1. The molecule has 8 heteroatoms. The van der Waals surface area contributed by atoms with Crippen LogP contribution in [0.2, 0.25) is 0 Å². The van der Waals surface area contributed by atoms with Crippen LogP contribution < -0.4 is 16.6 Å². The number of aromatic amines is 2. The maximum Gasteiger partial charge on any atom is 0.326 e. The first-order valence-electron chi connectivity index (χ1n) is 6.43. The first-order valence-corrected chi connectivity index (χ1v) is 6.43. The number of carboxylic acid groups (broad SMARTS) is 1. The zero-order chi connectivity index (χ0) is 16.2. The van der Waals surface area contributed by atoms with Gasteiger partial charge in [-0.2, -0.15) is 0 Å². The summed E-state index contributed by atoms with van der Waals surface area (Å²) in [5, 5.41) is 11.6. The van der Waals surface area contributed by atoms with Crippen LogP contribution in [0.4, 0.5) is 0 Å². The van der Waals surface area contributed by atoms with E-state index in [-0.39, 0.29) is 17.7 Å². The van der Waals surface area contributed by atoms with E-state index >= 15 is 0 Å². The van der Waals surface area contributed by atoms with Crippen molar-refractivity contribution in [3.63, 3.8) is 0 Å². The fraction of sp³-hybridized carbons (Fsp3) is 0.538. The molecule has 0 saturated carbocycles. The van der Waals surface area contributed by atoms with Crippen LogP contribution in [0.1, 0.15) is 37.7 Å². The molecule has 0 bridgehead atoms. The van der Waals surface area contributed by atoms with Gasteiger partial charge in [-0.1, -0.05) is 20.8 Å². The zero-order valence-electron chi connectivity index (χ0n) is 12.1. The number of H-pyrrole nitrogens is 2. The number of nitrogens with one attached hydrogen (secondary N) is 3. The number of aliphatic carboxylic acids is 1. The van der Waals surface area contributed by atoms with Gasteiger partial charge in [0.2, 0.25) is 0 Å². The predicted octanol–water partition coefficient (Wildman–Crippen LogP) is -0.0700. The van der Waals surface area contributed by atoms with E-state index in [9.17, 15) is 19.2 Å². The molecule has 0 fully saturated rings. The van der Waals surface area contributed by atoms with Crippen molar-refractivity contribution in [1.82, 2.24) is 15.3 Å². The third-order valence-corrected chi connectivity index (χ3v) is 2.72. The Labute approximate surface area is 120 Å². The maximum atomic E-state index is 11.8. The molecule has 0 saturated heterocycles. The Balaban J connectivity index is 2.76. The summed E-state index contributed by atoms with van der Waals surface area (Å²) in [4.78, 5) is 49.3. The highest BCUT2D eigenvalue weighted by molar-refractivity contribution is 5.92. The first kappa shape index (κ1) is 16.7. The molecule has 0 aliphatic heterocycles. The van der Waals surface area contributed by atoms with Gasteiger partial charge in [-0.05, 0) is 11.8 Å². The molecule has 1 unspecified atom stereocenters. The third-order valence-electron chi connectivity index (χ3n) is 2.72. The van der Waals surface area contributed by atoms with Crippen molar-refractivity contribution < 1.29 is 14.7 Å². The summed E-state index contributed by atoms with van der Waals surface area (Å²) in [5.74, 6) is -2.45. The second-order valence-electron chi connectivity index (χ2n) is 6.01. The molecule has 1 aromatic rings.